The Kier molecular flexibility index (Phi) is 4.96. The molecular weight excluding hydrogens is 328 g/mol. The SMILES string of the molecule is COc1ccsc1C(=O)N1CCO[C@@H](c2ccnc(N(C)C)n2)C1. The first kappa shape index (κ1) is 16.7. The number of rotatable bonds is 4. The smallest absolute Gasteiger partial charge is 0.267 e. The average molecular weight is 348 g/mol. The summed E-state index contributed by atoms with van der Waals surface area (Å²) in [5.41, 5.74) is 0.782. The molecule has 0 aliphatic carbocycles. The number of carbonyl (C=O) groups excluding carboxylic acids is 1. The highest BCUT2D eigenvalue weighted by Gasteiger charge is 2.29. The zero-order valence-corrected chi connectivity index (χ0v) is 14.7. The number of methoxy groups -OCH3 is 1. The second-order valence-electron chi connectivity index (χ2n) is 5.60. The largest absolute Gasteiger partial charge is 0.495 e. The van der Waals surface area contributed by atoms with Crippen molar-refractivity contribution < 1.29 is 14.3 Å². The Hall–Kier alpha value is -2.19. The van der Waals surface area contributed by atoms with Crippen LogP contribution in [-0.2, 0) is 4.74 Å². The fourth-order valence-electron chi connectivity index (χ4n) is 2.53. The lowest BCUT2D eigenvalue weighted by atomic mass is 10.2. The van der Waals surface area contributed by atoms with Crippen LogP contribution in [0.5, 0.6) is 5.75 Å². The molecule has 1 fully saturated rings. The normalized spacial score (nSPS) is 17.6. The summed E-state index contributed by atoms with van der Waals surface area (Å²) >= 11 is 1.39. The van der Waals surface area contributed by atoms with Crippen LogP contribution < -0.4 is 9.64 Å². The minimum absolute atomic E-state index is 0.0305. The van der Waals surface area contributed by atoms with Gasteiger partial charge < -0.3 is 19.3 Å². The lowest BCUT2D eigenvalue weighted by Crippen LogP contribution is -2.42. The van der Waals surface area contributed by atoms with Crippen LogP contribution >= 0.6 is 11.3 Å². The average Bonchev–Trinajstić information content (AvgIpc) is 3.10. The molecular formula is C16H20N4O3S. The van der Waals surface area contributed by atoms with Crippen LogP contribution in [0.15, 0.2) is 23.7 Å². The molecule has 0 spiro atoms. The first-order valence-electron chi connectivity index (χ1n) is 7.62. The van der Waals surface area contributed by atoms with Gasteiger partial charge in [0.05, 0.1) is 26.0 Å². The van der Waals surface area contributed by atoms with Crippen molar-refractivity contribution in [2.45, 2.75) is 6.10 Å². The number of aromatic nitrogens is 2. The van der Waals surface area contributed by atoms with Gasteiger partial charge in [-0.05, 0) is 17.5 Å². The van der Waals surface area contributed by atoms with Gasteiger partial charge in [-0.2, -0.15) is 0 Å². The number of hydrogen-bond donors (Lipinski definition) is 0. The van der Waals surface area contributed by atoms with Crippen molar-refractivity contribution in [1.82, 2.24) is 14.9 Å². The predicted octanol–water partition coefficient (Wildman–Crippen LogP) is 1.83. The molecule has 0 unspecified atom stereocenters. The minimum Gasteiger partial charge on any atom is -0.495 e. The number of amides is 1. The quantitative estimate of drug-likeness (QED) is 0.840. The maximum absolute atomic E-state index is 12.8. The highest BCUT2D eigenvalue weighted by Crippen LogP contribution is 2.28. The third kappa shape index (κ3) is 3.34. The third-order valence-electron chi connectivity index (χ3n) is 3.79. The van der Waals surface area contributed by atoms with E-state index in [1.807, 2.05) is 36.5 Å². The van der Waals surface area contributed by atoms with E-state index in [1.165, 1.54) is 11.3 Å². The number of morpholine rings is 1. The topological polar surface area (TPSA) is 67.8 Å². The van der Waals surface area contributed by atoms with Crippen molar-refractivity contribution in [3.63, 3.8) is 0 Å². The van der Waals surface area contributed by atoms with Gasteiger partial charge in [0.25, 0.3) is 5.91 Å². The van der Waals surface area contributed by atoms with E-state index in [9.17, 15) is 4.79 Å². The van der Waals surface area contributed by atoms with Gasteiger partial charge in [-0.25, -0.2) is 9.97 Å². The minimum atomic E-state index is -0.254. The molecule has 7 nitrogen and oxygen atoms in total. The second-order valence-corrected chi connectivity index (χ2v) is 6.52. The molecule has 128 valence electrons. The van der Waals surface area contributed by atoms with Gasteiger partial charge in [0.1, 0.15) is 16.7 Å². The van der Waals surface area contributed by atoms with E-state index < -0.39 is 0 Å². The van der Waals surface area contributed by atoms with Gasteiger partial charge in [-0.3, -0.25) is 4.79 Å². The molecule has 2 aromatic rings. The zero-order chi connectivity index (χ0) is 17.1. The van der Waals surface area contributed by atoms with Crippen molar-refractivity contribution in [1.29, 1.82) is 0 Å². The number of ether oxygens (including phenoxy) is 2. The van der Waals surface area contributed by atoms with Gasteiger partial charge >= 0.3 is 0 Å². The monoisotopic (exact) mass is 348 g/mol. The summed E-state index contributed by atoms with van der Waals surface area (Å²) in [6, 6.07) is 3.64. The van der Waals surface area contributed by atoms with Crippen molar-refractivity contribution >= 4 is 23.2 Å². The van der Waals surface area contributed by atoms with Gasteiger partial charge in [0.2, 0.25) is 5.95 Å². The second kappa shape index (κ2) is 7.14. The molecule has 8 heteroatoms. The Labute approximate surface area is 144 Å². The third-order valence-corrected chi connectivity index (χ3v) is 4.67. The summed E-state index contributed by atoms with van der Waals surface area (Å²) in [5.74, 6) is 1.21. The Morgan fingerprint density at radius 2 is 2.29 bits per heavy atom. The Bertz CT molecular complexity index is 719. The van der Waals surface area contributed by atoms with Crippen molar-refractivity contribution in [3.05, 3.63) is 34.3 Å². The number of hydrogen-bond acceptors (Lipinski definition) is 7. The highest BCUT2D eigenvalue weighted by atomic mass is 32.1. The van der Waals surface area contributed by atoms with Crippen LogP contribution in [-0.4, -0.2) is 61.7 Å². The van der Waals surface area contributed by atoms with Crippen LogP contribution in [0.2, 0.25) is 0 Å². The Morgan fingerprint density at radius 3 is 3.04 bits per heavy atom. The number of nitrogens with zero attached hydrogens (tertiary/aromatic N) is 4. The number of carbonyl (C=O) groups is 1. The first-order chi connectivity index (χ1) is 11.6. The van der Waals surface area contributed by atoms with E-state index in [0.717, 1.165) is 5.69 Å². The molecule has 0 aromatic carbocycles. The van der Waals surface area contributed by atoms with Gasteiger partial charge in [0, 0.05) is 26.8 Å². The molecule has 24 heavy (non-hydrogen) atoms. The molecule has 0 radical (unpaired) electrons. The number of anilines is 1. The molecule has 0 N–H and O–H groups in total. The molecule has 1 saturated heterocycles. The van der Waals surface area contributed by atoms with Crippen molar-refractivity contribution in [2.24, 2.45) is 0 Å². The summed E-state index contributed by atoms with van der Waals surface area (Å²) in [6.07, 6.45) is 1.46. The standard InChI is InChI=1S/C16H20N4O3S/c1-19(2)16-17-6-4-11(18-16)13-10-20(7-8-23-13)15(21)14-12(22-3)5-9-24-14/h4-6,9,13H,7-8,10H2,1-3H3/t13-/m1/s1. The van der Waals surface area contributed by atoms with Gasteiger partial charge in [-0.1, -0.05) is 0 Å². The van der Waals surface area contributed by atoms with E-state index >= 15 is 0 Å². The van der Waals surface area contributed by atoms with Crippen molar-refractivity contribution in [2.75, 3.05) is 45.8 Å². The molecule has 3 rings (SSSR count). The Balaban J connectivity index is 1.77. The lowest BCUT2D eigenvalue weighted by Gasteiger charge is -2.32. The van der Waals surface area contributed by atoms with Crippen LogP contribution in [0, 0.1) is 0 Å². The molecule has 1 aliphatic heterocycles. The fourth-order valence-corrected chi connectivity index (χ4v) is 3.35. The zero-order valence-electron chi connectivity index (χ0n) is 13.9. The molecule has 1 amide bonds. The van der Waals surface area contributed by atoms with Crippen molar-refractivity contribution in [3.8, 4) is 5.75 Å². The van der Waals surface area contributed by atoms with E-state index in [4.69, 9.17) is 9.47 Å². The van der Waals surface area contributed by atoms with Crippen LogP contribution in [0.25, 0.3) is 0 Å². The first-order valence-corrected chi connectivity index (χ1v) is 8.50. The maximum atomic E-state index is 12.8. The lowest BCUT2D eigenvalue weighted by molar-refractivity contribution is -0.0246. The predicted molar refractivity (Wildman–Crippen MR) is 91.8 cm³/mol. The van der Waals surface area contributed by atoms with Crippen LogP contribution in [0.3, 0.4) is 0 Å². The molecule has 0 saturated carbocycles. The van der Waals surface area contributed by atoms with E-state index in [1.54, 1.807) is 18.2 Å². The summed E-state index contributed by atoms with van der Waals surface area (Å²) in [7, 11) is 5.35. The molecule has 3 heterocycles. The van der Waals surface area contributed by atoms with Gasteiger partial charge in [0.15, 0.2) is 0 Å². The van der Waals surface area contributed by atoms with Crippen LogP contribution in [0.4, 0.5) is 5.95 Å². The molecule has 1 aliphatic rings. The fraction of sp³-hybridized carbons (Fsp3) is 0.438. The van der Waals surface area contributed by atoms with Crippen LogP contribution in [0.1, 0.15) is 21.5 Å². The van der Waals surface area contributed by atoms with E-state index in [0.29, 0.717) is 36.3 Å². The summed E-state index contributed by atoms with van der Waals surface area (Å²) in [6.45, 7) is 1.50. The Morgan fingerprint density at radius 1 is 1.46 bits per heavy atom. The molecule has 2 aromatic heterocycles. The molecule has 1 atom stereocenters. The van der Waals surface area contributed by atoms with E-state index in [2.05, 4.69) is 9.97 Å². The number of thiophene rings is 1. The van der Waals surface area contributed by atoms with Gasteiger partial charge in [-0.15, -0.1) is 11.3 Å². The molecule has 0 bridgehead atoms. The highest BCUT2D eigenvalue weighted by molar-refractivity contribution is 7.12. The summed E-state index contributed by atoms with van der Waals surface area (Å²) in [4.78, 5) is 25.7. The summed E-state index contributed by atoms with van der Waals surface area (Å²) in [5, 5.41) is 1.86. The maximum Gasteiger partial charge on any atom is 0.267 e. The summed E-state index contributed by atoms with van der Waals surface area (Å²) < 4.78 is 11.1. The van der Waals surface area contributed by atoms with E-state index in [-0.39, 0.29) is 12.0 Å².